The lowest BCUT2D eigenvalue weighted by Crippen LogP contribution is -2.05. The number of aromatic nitrogens is 1. The third-order valence-electron chi connectivity index (χ3n) is 2.75. The van der Waals surface area contributed by atoms with E-state index in [9.17, 15) is 13.6 Å². The maximum atomic E-state index is 12.9. The highest BCUT2D eigenvalue weighted by atomic mass is 35.5. The van der Waals surface area contributed by atoms with E-state index >= 15 is 0 Å². The Bertz CT molecular complexity index is 726. The van der Waals surface area contributed by atoms with E-state index in [-0.39, 0.29) is 33.8 Å². The van der Waals surface area contributed by atoms with Crippen LogP contribution in [0.3, 0.4) is 0 Å². The van der Waals surface area contributed by atoms with Gasteiger partial charge in [-0.05, 0) is 24.3 Å². The maximum Gasteiger partial charge on any atom is 0.355 e. The summed E-state index contributed by atoms with van der Waals surface area (Å²) in [5, 5.41) is -0.612. The lowest BCUT2D eigenvalue weighted by molar-refractivity contribution is -0.213. The Hall–Kier alpha value is -2.12. The Morgan fingerprint density at radius 2 is 1.83 bits per heavy atom. The molecule has 0 spiro atoms. The Kier molecular flexibility index (Phi) is 6.16. The molecule has 0 saturated heterocycles. The van der Waals surface area contributed by atoms with Gasteiger partial charge in [-0.25, -0.2) is 18.6 Å². The van der Waals surface area contributed by atoms with Gasteiger partial charge in [-0.2, -0.15) is 0 Å². The fraction of sp³-hybridized carbons (Fsp3) is 0.200. The molecule has 0 bridgehead atoms. The molecule has 0 saturated carbocycles. The Morgan fingerprint density at radius 3 is 2.42 bits per heavy atom. The molecule has 2 rings (SSSR count). The number of ether oxygens (including phenoxy) is 1. The van der Waals surface area contributed by atoms with Crippen LogP contribution < -0.4 is 9.62 Å². The molecule has 0 amide bonds. The van der Waals surface area contributed by atoms with Crippen molar-refractivity contribution in [3.63, 3.8) is 0 Å². The molecule has 0 radical (unpaired) electrons. The minimum Gasteiger partial charge on any atom is -0.438 e. The number of halogens is 4. The van der Waals surface area contributed by atoms with Crippen LogP contribution in [0.2, 0.25) is 10.0 Å². The average Bonchev–Trinajstić information content (AvgIpc) is 2.56. The number of alkyl halides is 2. The van der Waals surface area contributed by atoms with Crippen LogP contribution in [-0.4, -0.2) is 11.0 Å². The summed E-state index contributed by atoms with van der Waals surface area (Å²) in [4.78, 5) is 24.1. The van der Waals surface area contributed by atoms with Crippen molar-refractivity contribution in [2.24, 2.45) is 0 Å². The lowest BCUT2D eigenvalue weighted by atomic mass is 10.2. The van der Waals surface area contributed by atoms with Crippen molar-refractivity contribution >= 4 is 29.2 Å². The van der Waals surface area contributed by atoms with Crippen molar-refractivity contribution in [2.45, 2.75) is 19.8 Å². The SMILES string of the molecule is CCC(=O)OOc1ccc(Oc2ncc(Cl)c(C(F)F)c2Cl)cc1. The van der Waals surface area contributed by atoms with Crippen LogP contribution in [0.1, 0.15) is 25.3 Å². The van der Waals surface area contributed by atoms with Crippen LogP contribution in [0.5, 0.6) is 17.4 Å². The van der Waals surface area contributed by atoms with E-state index in [1.165, 1.54) is 24.3 Å². The molecule has 1 aromatic heterocycles. The molecule has 0 unspecified atom stereocenters. The van der Waals surface area contributed by atoms with Crippen LogP contribution >= 0.6 is 23.2 Å². The van der Waals surface area contributed by atoms with Gasteiger partial charge in [0.2, 0.25) is 5.88 Å². The molecule has 1 heterocycles. The van der Waals surface area contributed by atoms with Gasteiger partial charge in [0.1, 0.15) is 10.8 Å². The second-order valence-electron chi connectivity index (χ2n) is 4.41. The molecular weight excluding hydrogens is 367 g/mol. The second-order valence-corrected chi connectivity index (χ2v) is 5.19. The van der Waals surface area contributed by atoms with Crippen molar-refractivity contribution in [3.8, 4) is 17.4 Å². The standard InChI is InChI=1S/C15H11Cl2F2NO4/c1-2-11(21)24-23-9-5-3-8(4-6-9)22-15-13(17)12(14(18)19)10(16)7-20-15/h3-7,14H,2H2,1H3. The smallest absolute Gasteiger partial charge is 0.355 e. The largest absolute Gasteiger partial charge is 0.438 e. The molecule has 128 valence electrons. The Morgan fingerprint density at radius 1 is 1.21 bits per heavy atom. The molecule has 24 heavy (non-hydrogen) atoms. The number of rotatable bonds is 6. The van der Waals surface area contributed by atoms with Crippen LogP contribution in [0.15, 0.2) is 30.5 Å². The zero-order chi connectivity index (χ0) is 17.7. The minimum atomic E-state index is -2.86. The lowest BCUT2D eigenvalue weighted by Gasteiger charge is -2.11. The first-order valence-corrected chi connectivity index (χ1v) is 7.45. The third kappa shape index (κ3) is 4.46. The third-order valence-corrected chi connectivity index (χ3v) is 3.42. The predicted octanol–water partition coefficient (Wildman–Crippen LogP) is 5.37. The van der Waals surface area contributed by atoms with E-state index in [1.54, 1.807) is 6.92 Å². The first kappa shape index (κ1) is 18.2. The average molecular weight is 378 g/mol. The summed E-state index contributed by atoms with van der Waals surface area (Å²) in [6.45, 7) is 1.62. The number of carbonyl (C=O) groups excluding carboxylic acids is 1. The fourth-order valence-corrected chi connectivity index (χ4v) is 2.11. The van der Waals surface area contributed by atoms with Gasteiger partial charge in [-0.3, -0.25) is 9.78 Å². The zero-order valence-corrected chi connectivity index (χ0v) is 13.8. The number of nitrogens with zero attached hydrogens (tertiary/aromatic N) is 1. The van der Waals surface area contributed by atoms with Gasteiger partial charge in [-0.15, -0.1) is 0 Å². The van der Waals surface area contributed by atoms with Gasteiger partial charge in [0.15, 0.2) is 5.75 Å². The number of benzene rings is 1. The molecule has 0 N–H and O–H groups in total. The first-order valence-electron chi connectivity index (χ1n) is 6.69. The number of pyridine rings is 1. The summed E-state index contributed by atoms with van der Waals surface area (Å²) >= 11 is 11.5. The van der Waals surface area contributed by atoms with E-state index in [1.807, 2.05) is 0 Å². The normalized spacial score (nSPS) is 10.6. The molecule has 1 aromatic carbocycles. The highest BCUT2D eigenvalue weighted by Crippen LogP contribution is 2.39. The van der Waals surface area contributed by atoms with E-state index in [0.29, 0.717) is 0 Å². The summed E-state index contributed by atoms with van der Waals surface area (Å²) in [5.41, 5.74) is -0.547. The molecule has 0 aliphatic heterocycles. The quantitative estimate of drug-likeness (QED) is 0.500. The van der Waals surface area contributed by atoms with Crippen LogP contribution in [0.4, 0.5) is 8.78 Å². The fourth-order valence-electron chi connectivity index (χ4n) is 1.56. The molecule has 5 nitrogen and oxygen atoms in total. The van der Waals surface area contributed by atoms with Gasteiger partial charge in [0.25, 0.3) is 6.43 Å². The Labute approximate surface area is 146 Å². The minimum absolute atomic E-state index is 0.175. The van der Waals surface area contributed by atoms with Gasteiger partial charge in [-0.1, -0.05) is 30.1 Å². The molecule has 0 fully saturated rings. The summed E-state index contributed by atoms with van der Waals surface area (Å²) in [6, 6.07) is 5.83. The summed E-state index contributed by atoms with van der Waals surface area (Å²) in [7, 11) is 0. The van der Waals surface area contributed by atoms with Crippen molar-refractivity contribution in [1.29, 1.82) is 0 Å². The number of hydrogen-bond donors (Lipinski definition) is 0. The summed E-state index contributed by atoms with van der Waals surface area (Å²) in [5.74, 6) is -0.205. The van der Waals surface area contributed by atoms with E-state index < -0.39 is 18.0 Å². The van der Waals surface area contributed by atoms with E-state index in [0.717, 1.165) is 6.20 Å². The first-order chi connectivity index (χ1) is 11.4. The predicted molar refractivity (Wildman–Crippen MR) is 82.7 cm³/mol. The molecular formula is C15H11Cl2F2NO4. The monoisotopic (exact) mass is 377 g/mol. The molecule has 0 aliphatic rings. The van der Waals surface area contributed by atoms with E-state index in [4.69, 9.17) is 32.8 Å². The molecule has 0 atom stereocenters. The Balaban J connectivity index is 2.12. The van der Waals surface area contributed by atoms with Gasteiger partial charge in [0.05, 0.1) is 16.8 Å². The maximum absolute atomic E-state index is 12.9. The van der Waals surface area contributed by atoms with E-state index in [2.05, 4.69) is 9.87 Å². The molecule has 9 heteroatoms. The summed E-state index contributed by atoms with van der Waals surface area (Å²) in [6.07, 6.45) is -1.65. The van der Waals surface area contributed by atoms with Crippen molar-refractivity contribution in [1.82, 2.24) is 4.98 Å². The number of carbonyl (C=O) groups is 1. The highest BCUT2D eigenvalue weighted by Gasteiger charge is 2.21. The van der Waals surface area contributed by atoms with Crippen LogP contribution in [0.25, 0.3) is 0 Å². The van der Waals surface area contributed by atoms with Crippen molar-refractivity contribution < 1.29 is 28.1 Å². The topological polar surface area (TPSA) is 57.7 Å². The van der Waals surface area contributed by atoms with Gasteiger partial charge >= 0.3 is 5.97 Å². The van der Waals surface area contributed by atoms with Crippen LogP contribution in [0, 0.1) is 0 Å². The van der Waals surface area contributed by atoms with Crippen LogP contribution in [-0.2, 0) is 9.68 Å². The van der Waals surface area contributed by atoms with Crippen molar-refractivity contribution in [3.05, 3.63) is 46.1 Å². The number of hydrogen-bond acceptors (Lipinski definition) is 5. The summed E-state index contributed by atoms with van der Waals surface area (Å²) < 4.78 is 31.2. The van der Waals surface area contributed by atoms with Gasteiger partial charge < -0.3 is 4.74 Å². The second kappa shape index (κ2) is 8.12. The molecule has 0 aliphatic carbocycles. The molecule has 2 aromatic rings. The highest BCUT2D eigenvalue weighted by molar-refractivity contribution is 6.36. The zero-order valence-electron chi connectivity index (χ0n) is 12.3. The van der Waals surface area contributed by atoms with Crippen molar-refractivity contribution in [2.75, 3.05) is 0 Å². The van der Waals surface area contributed by atoms with Gasteiger partial charge in [0, 0.05) is 6.42 Å².